The molecule has 0 unspecified atom stereocenters. The van der Waals surface area contributed by atoms with E-state index in [1.54, 1.807) is 20.8 Å². The van der Waals surface area contributed by atoms with Gasteiger partial charge >= 0.3 is 6.18 Å². The number of aromatic nitrogens is 1. The first-order chi connectivity index (χ1) is 11.0. The Morgan fingerprint density at radius 2 is 1.88 bits per heavy atom. The lowest BCUT2D eigenvalue weighted by Crippen LogP contribution is -2.22. The highest BCUT2D eigenvalue weighted by Crippen LogP contribution is 2.29. The van der Waals surface area contributed by atoms with Gasteiger partial charge in [-0.2, -0.15) is 13.2 Å². The maximum atomic E-state index is 12.7. The maximum absolute atomic E-state index is 12.7. The van der Waals surface area contributed by atoms with Gasteiger partial charge in [-0.3, -0.25) is 9.59 Å². The summed E-state index contributed by atoms with van der Waals surface area (Å²) in [6, 6.07) is 4.71. The Morgan fingerprint density at radius 1 is 1.21 bits per heavy atom. The number of hydrogen-bond acceptors (Lipinski definition) is 3. The molecule has 24 heavy (non-hydrogen) atoms. The first-order valence-corrected chi connectivity index (χ1v) is 7.93. The summed E-state index contributed by atoms with van der Waals surface area (Å²) in [7, 11) is 0. The minimum absolute atomic E-state index is 0.148. The highest BCUT2D eigenvalue weighted by Gasteiger charge is 2.30. The highest BCUT2D eigenvalue weighted by molar-refractivity contribution is 7.07. The summed E-state index contributed by atoms with van der Waals surface area (Å²) in [5.74, 6) is -0.148. The molecule has 128 valence electrons. The van der Waals surface area contributed by atoms with Crippen molar-refractivity contribution in [3.63, 3.8) is 0 Å². The van der Waals surface area contributed by atoms with Crippen molar-refractivity contribution in [2.45, 2.75) is 26.9 Å². The minimum atomic E-state index is -4.44. The molecule has 0 atom stereocenters. The van der Waals surface area contributed by atoms with Crippen LogP contribution in [0.25, 0.3) is 12.2 Å². The van der Waals surface area contributed by atoms with Crippen LogP contribution in [0.3, 0.4) is 0 Å². The molecule has 1 aromatic carbocycles. The lowest BCUT2D eigenvalue weighted by atomic mass is 9.91. The largest absolute Gasteiger partial charge is 0.416 e. The third-order valence-corrected chi connectivity index (χ3v) is 4.16. The summed E-state index contributed by atoms with van der Waals surface area (Å²) in [4.78, 5) is 26.4. The predicted octanol–water partition coefficient (Wildman–Crippen LogP) is 2.68. The third-order valence-electron chi connectivity index (χ3n) is 3.19. The fourth-order valence-electron chi connectivity index (χ4n) is 1.82. The van der Waals surface area contributed by atoms with Gasteiger partial charge in [0.2, 0.25) is 0 Å². The van der Waals surface area contributed by atoms with Crippen LogP contribution < -0.4 is 14.8 Å². The quantitative estimate of drug-likeness (QED) is 0.900. The fourth-order valence-corrected chi connectivity index (χ4v) is 2.70. The first-order valence-electron chi connectivity index (χ1n) is 7.11. The monoisotopic (exact) mass is 355 g/mol. The molecule has 2 rings (SSSR count). The van der Waals surface area contributed by atoms with Crippen LogP contribution in [0.5, 0.6) is 0 Å². The van der Waals surface area contributed by atoms with E-state index in [1.807, 2.05) is 0 Å². The Hall–Kier alpha value is -2.15. The lowest BCUT2D eigenvalue weighted by Gasteiger charge is -2.12. The second-order valence-corrected chi connectivity index (χ2v) is 7.39. The summed E-state index contributed by atoms with van der Waals surface area (Å²) in [5.41, 5.74) is -1.53. The number of alkyl halides is 3. The highest BCUT2D eigenvalue weighted by atomic mass is 32.1. The molecule has 0 amide bonds. The molecule has 2 aromatic rings. The molecule has 1 aromatic heterocycles. The van der Waals surface area contributed by atoms with Gasteiger partial charge < -0.3 is 4.98 Å². The molecule has 1 N–H and O–H groups in total. The number of rotatable bonds is 2. The van der Waals surface area contributed by atoms with Gasteiger partial charge in [0, 0.05) is 11.5 Å². The number of carbonyl (C=O) groups excluding carboxylic acids is 1. The Kier molecular flexibility index (Phi) is 4.85. The van der Waals surface area contributed by atoms with Gasteiger partial charge in [0.1, 0.15) is 0 Å². The number of carbonyl (C=O) groups is 1. The van der Waals surface area contributed by atoms with E-state index in [2.05, 4.69) is 4.98 Å². The van der Waals surface area contributed by atoms with Crippen molar-refractivity contribution in [1.29, 1.82) is 0 Å². The normalized spacial score (nSPS) is 14.2. The Labute approximate surface area is 140 Å². The van der Waals surface area contributed by atoms with Gasteiger partial charge in [-0.05, 0) is 23.8 Å². The van der Waals surface area contributed by atoms with Gasteiger partial charge in [0.25, 0.3) is 5.56 Å². The van der Waals surface area contributed by atoms with Crippen molar-refractivity contribution < 1.29 is 18.0 Å². The SMILES string of the molecule is CC(C)(C)C(=O)/C=c1/[nH]c(=O)/c(=C/c2cccc(C(F)(F)F)c2)s1. The number of Topliss-reactive ketones (excluding diaryl/α,β-unsaturated/α-hetero) is 1. The topological polar surface area (TPSA) is 49.9 Å². The van der Waals surface area contributed by atoms with Crippen molar-refractivity contribution in [3.05, 3.63) is 54.9 Å². The molecule has 0 radical (unpaired) electrons. The van der Waals surface area contributed by atoms with Crippen molar-refractivity contribution in [3.8, 4) is 0 Å². The van der Waals surface area contributed by atoms with E-state index < -0.39 is 22.7 Å². The molecule has 0 aliphatic carbocycles. The Balaban J connectivity index is 2.48. The van der Waals surface area contributed by atoms with Crippen LogP contribution in [0.1, 0.15) is 31.9 Å². The molecule has 0 aliphatic rings. The third kappa shape index (κ3) is 4.44. The van der Waals surface area contributed by atoms with Gasteiger partial charge in [0.05, 0.1) is 14.8 Å². The number of aromatic amines is 1. The average Bonchev–Trinajstić information content (AvgIpc) is 2.77. The van der Waals surface area contributed by atoms with Gasteiger partial charge in [0.15, 0.2) is 5.78 Å². The van der Waals surface area contributed by atoms with Crippen LogP contribution in [-0.4, -0.2) is 10.8 Å². The van der Waals surface area contributed by atoms with E-state index in [-0.39, 0.29) is 15.9 Å². The number of benzene rings is 1. The maximum Gasteiger partial charge on any atom is 0.416 e. The molecule has 0 fully saturated rings. The van der Waals surface area contributed by atoms with Crippen LogP contribution in [0.2, 0.25) is 0 Å². The molecule has 0 spiro atoms. The molecule has 0 bridgehead atoms. The molecule has 3 nitrogen and oxygen atoms in total. The van der Waals surface area contributed by atoms with E-state index in [4.69, 9.17) is 0 Å². The molecule has 0 aliphatic heterocycles. The van der Waals surface area contributed by atoms with E-state index >= 15 is 0 Å². The van der Waals surface area contributed by atoms with Crippen LogP contribution in [0, 0.1) is 5.41 Å². The van der Waals surface area contributed by atoms with Crippen molar-refractivity contribution >= 4 is 29.3 Å². The van der Waals surface area contributed by atoms with E-state index in [1.165, 1.54) is 24.3 Å². The number of thiazole rings is 1. The van der Waals surface area contributed by atoms with E-state index in [0.29, 0.717) is 4.66 Å². The number of H-pyrrole nitrogens is 1. The van der Waals surface area contributed by atoms with Gasteiger partial charge in [-0.15, -0.1) is 11.3 Å². The number of halogens is 3. The minimum Gasteiger partial charge on any atom is -0.313 e. The number of hydrogen-bond donors (Lipinski definition) is 1. The summed E-state index contributed by atoms with van der Waals surface area (Å²) in [6.07, 6.45) is -1.73. The standard InChI is InChI=1S/C17H16F3NO2S/c1-16(2,3)13(22)9-14-21-15(23)12(24-14)8-10-5-4-6-11(7-10)17(18,19)20/h4-9H,1-3H3,(H,21,23)/b12-8-,14-9-. The molecule has 7 heteroatoms. The zero-order valence-electron chi connectivity index (χ0n) is 13.3. The van der Waals surface area contributed by atoms with Crippen LogP contribution in [0.4, 0.5) is 13.2 Å². The van der Waals surface area contributed by atoms with Crippen LogP contribution >= 0.6 is 11.3 Å². The Bertz CT molecular complexity index is 930. The molecule has 0 saturated heterocycles. The lowest BCUT2D eigenvalue weighted by molar-refractivity contribution is -0.137. The molecule has 1 heterocycles. The zero-order chi connectivity index (χ0) is 18.1. The van der Waals surface area contributed by atoms with Crippen LogP contribution in [-0.2, 0) is 11.0 Å². The van der Waals surface area contributed by atoms with Crippen molar-refractivity contribution in [1.82, 2.24) is 4.98 Å². The Morgan fingerprint density at radius 3 is 2.46 bits per heavy atom. The van der Waals surface area contributed by atoms with Crippen molar-refractivity contribution in [2.75, 3.05) is 0 Å². The van der Waals surface area contributed by atoms with Gasteiger partial charge in [-0.1, -0.05) is 32.9 Å². The first kappa shape index (κ1) is 18.2. The van der Waals surface area contributed by atoms with E-state index in [9.17, 15) is 22.8 Å². The summed E-state index contributed by atoms with van der Waals surface area (Å²) < 4.78 is 38.8. The number of nitrogens with one attached hydrogen (secondary N) is 1. The smallest absolute Gasteiger partial charge is 0.313 e. The molecular formula is C17H16F3NO2S. The average molecular weight is 355 g/mol. The van der Waals surface area contributed by atoms with E-state index in [0.717, 1.165) is 23.5 Å². The molecular weight excluding hydrogens is 339 g/mol. The second-order valence-electron chi connectivity index (χ2n) is 6.31. The van der Waals surface area contributed by atoms with Crippen molar-refractivity contribution in [2.24, 2.45) is 5.41 Å². The summed E-state index contributed by atoms with van der Waals surface area (Å²) in [5, 5.41) is 0. The predicted molar refractivity (Wildman–Crippen MR) is 88.1 cm³/mol. The molecule has 0 saturated carbocycles. The summed E-state index contributed by atoms with van der Waals surface area (Å²) >= 11 is 1.03. The van der Waals surface area contributed by atoms with Crippen LogP contribution in [0.15, 0.2) is 29.1 Å². The zero-order valence-corrected chi connectivity index (χ0v) is 14.1. The van der Waals surface area contributed by atoms with Gasteiger partial charge in [-0.25, -0.2) is 0 Å². The summed E-state index contributed by atoms with van der Waals surface area (Å²) in [6.45, 7) is 5.27. The fraction of sp³-hybridized carbons (Fsp3) is 0.294. The number of ketones is 1. The second kappa shape index (κ2) is 6.39.